The molecule has 17 heavy (non-hydrogen) atoms. The summed E-state index contributed by atoms with van der Waals surface area (Å²) in [5.41, 5.74) is 0. The SMILES string of the molecule is CCN(C(C)CC(=O)O)C1C(C)CCCC1C. The third-order valence-electron chi connectivity index (χ3n) is 4.27. The maximum Gasteiger partial charge on any atom is 0.304 e. The van der Waals surface area contributed by atoms with Crippen LogP contribution in [0.3, 0.4) is 0 Å². The number of hydrogen-bond acceptors (Lipinski definition) is 2. The summed E-state index contributed by atoms with van der Waals surface area (Å²) < 4.78 is 0. The maximum atomic E-state index is 10.8. The highest BCUT2D eigenvalue weighted by Gasteiger charge is 2.34. The van der Waals surface area contributed by atoms with E-state index < -0.39 is 5.97 Å². The molecule has 1 aliphatic carbocycles. The number of carboxylic acids is 1. The van der Waals surface area contributed by atoms with Crippen LogP contribution in [0.1, 0.15) is 53.4 Å². The van der Waals surface area contributed by atoms with Crippen LogP contribution in [-0.4, -0.2) is 34.6 Å². The monoisotopic (exact) mass is 241 g/mol. The van der Waals surface area contributed by atoms with Crippen molar-refractivity contribution in [1.29, 1.82) is 0 Å². The molecule has 1 N–H and O–H groups in total. The predicted octanol–water partition coefficient (Wildman–Crippen LogP) is 3.00. The fourth-order valence-electron chi connectivity index (χ4n) is 3.50. The van der Waals surface area contributed by atoms with Crippen molar-refractivity contribution >= 4 is 5.97 Å². The predicted molar refractivity (Wildman–Crippen MR) is 70.1 cm³/mol. The lowest BCUT2D eigenvalue weighted by Crippen LogP contribution is -2.50. The zero-order chi connectivity index (χ0) is 13.0. The molecule has 0 bridgehead atoms. The van der Waals surface area contributed by atoms with Crippen molar-refractivity contribution in [3.8, 4) is 0 Å². The summed E-state index contributed by atoms with van der Waals surface area (Å²) in [6, 6.07) is 0.702. The lowest BCUT2D eigenvalue weighted by atomic mass is 9.77. The highest BCUT2D eigenvalue weighted by atomic mass is 16.4. The van der Waals surface area contributed by atoms with Gasteiger partial charge < -0.3 is 5.11 Å². The molecule has 1 aliphatic rings. The van der Waals surface area contributed by atoms with E-state index in [0.717, 1.165) is 6.54 Å². The summed E-state index contributed by atoms with van der Waals surface area (Å²) in [6.45, 7) is 9.78. The third kappa shape index (κ3) is 3.70. The summed E-state index contributed by atoms with van der Waals surface area (Å²) in [5, 5.41) is 8.93. The molecule has 0 spiro atoms. The molecule has 1 fully saturated rings. The zero-order valence-corrected chi connectivity index (χ0v) is 11.6. The fourth-order valence-corrected chi connectivity index (χ4v) is 3.50. The molecule has 100 valence electrons. The molecule has 0 amide bonds. The van der Waals surface area contributed by atoms with Crippen LogP contribution in [0.2, 0.25) is 0 Å². The standard InChI is InChI=1S/C14H27NO2/c1-5-15(12(4)9-13(16)17)14-10(2)7-6-8-11(14)3/h10-12,14H,5-9H2,1-4H3,(H,16,17). The highest BCUT2D eigenvalue weighted by Crippen LogP contribution is 2.33. The van der Waals surface area contributed by atoms with Crippen LogP contribution >= 0.6 is 0 Å². The topological polar surface area (TPSA) is 40.5 Å². The van der Waals surface area contributed by atoms with Crippen molar-refractivity contribution in [2.45, 2.75) is 65.5 Å². The van der Waals surface area contributed by atoms with Crippen molar-refractivity contribution in [2.24, 2.45) is 11.8 Å². The largest absolute Gasteiger partial charge is 0.481 e. The van der Waals surface area contributed by atoms with E-state index in [1.165, 1.54) is 19.3 Å². The van der Waals surface area contributed by atoms with Gasteiger partial charge in [0.15, 0.2) is 0 Å². The second kappa shape index (κ2) is 6.39. The minimum Gasteiger partial charge on any atom is -0.481 e. The van der Waals surface area contributed by atoms with Crippen molar-refractivity contribution in [3.63, 3.8) is 0 Å². The average molecular weight is 241 g/mol. The first-order valence-corrected chi connectivity index (χ1v) is 6.94. The number of carbonyl (C=O) groups is 1. The quantitative estimate of drug-likeness (QED) is 0.804. The fraction of sp³-hybridized carbons (Fsp3) is 0.929. The Kier molecular flexibility index (Phi) is 5.44. The molecule has 0 aromatic carbocycles. The van der Waals surface area contributed by atoms with Crippen molar-refractivity contribution in [2.75, 3.05) is 6.54 Å². The minimum absolute atomic E-state index is 0.144. The average Bonchev–Trinajstić information content (AvgIpc) is 2.22. The van der Waals surface area contributed by atoms with Gasteiger partial charge in [-0.25, -0.2) is 0 Å². The van der Waals surface area contributed by atoms with Crippen LogP contribution in [0.15, 0.2) is 0 Å². The van der Waals surface area contributed by atoms with E-state index >= 15 is 0 Å². The number of rotatable bonds is 5. The zero-order valence-electron chi connectivity index (χ0n) is 11.6. The van der Waals surface area contributed by atoms with Gasteiger partial charge in [0, 0.05) is 12.1 Å². The van der Waals surface area contributed by atoms with Crippen LogP contribution in [0, 0.1) is 11.8 Å². The van der Waals surface area contributed by atoms with E-state index in [1.54, 1.807) is 0 Å². The van der Waals surface area contributed by atoms with Gasteiger partial charge in [0.2, 0.25) is 0 Å². The molecule has 0 saturated heterocycles. The molecule has 1 saturated carbocycles. The molecule has 0 aromatic heterocycles. The van der Waals surface area contributed by atoms with E-state index in [2.05, 4.69) is 25.7 Å². The van der Waals surface area contributed by atoms with Gasteiger partial charge in [-0.1, -0.05) is 27.2 Å². The highest BCUT2D eigenvalue weighted by molar-refractivity contribution is 5.67. The minimum atomic E-state index is -0.688. The molecule has 0 aromatic rings. The smallest absolute Gasteiger partial charge is 0.304 e. The van der Waals surface area contributed by atoms with Gasteiger partial charge in [0.25, 0.3) is 0 Å². The number of carboxylic acid groups (broad SMARTS) is 1. The number of nitrogens with zero attached hydrogens (tertiary/aromatic N) is 1. The van der Waals surface area contributed by atoms with Crippen LogP contribution in [0.25, 0.3) is 0 Å². The number of aliphatic carboxylic acids is 1. The Morgan fingerprint density at radius 1 is 1.35 bits per heavy atom. The van der Waals surface area contributed by atoms with Crippen LogP contribution in [0.4, 0.5) is 0 Å². The van der Waals surface area contributed by atoms with E-state index in [1.807, 2.05) is 6.92 Å². The summed E-state index contributed by atoms with van der Waals surface area (Å²) in [5.74, 6) is 0.692. The van der Waals surface area contributed by atoms with Crippen LogP contribution in [-0.2, 0) is 4.79 Å². The van der Waals surface area contributed by atoms with Gasteiger partial charge in [-0.15, -0.1) is 0 Å². The molecule has 0 aliphatic heterocycles. The Bertz CT molecular complexity index is 245. The van der Waals surface area contributed by atoms with E-state index in [9.17, 15) is 4.79 Å². The second-order valence-corrected chi connectivity index (χ2v) is 5.65. The Morgan fingerprint density at radius 3 is 2.29 bits per heavy atom. The number of hydrogen-bond donors (Lipinski definition) is 1. The lowest BCUT2D eigenvalue weighted by molar-refractivity contribution is -0.138. The van der Waals surface area contributed by atoms with Crippen LogP contribution < -0.4 is 0 Å². The third-order valence-corrected chi connectivity index (χ3v) is 4.27. The molecule has 0 heterocycles. The van der Waals surface area contributed by atoms with E-state index in [0.29, 0.717) is 17.9 Å². The molecule has 3 nitrogen and oxygen atoms in total. The molecule has 3 unspecified atom stereocenters. The Balaban J connectivity index is 2.73. The van der Waals surface area contributed by atoms with Crippen molar-refractivity contribution in [1.82, 2.24) is 4.90 Å². The lowest BCUT2D eigenvalue weighted by Gasteiger charge is -2.45. The van der Waals surface area contributed by atoms with Gasteiger partial charge in [-0.05, 0) is 38.1 Å². The van der Waals surface area contributed by atoms with Gasteiger partial charge in [0.05, 0.1) is 6.42 Å². The van der Waals surface area contributed by atoms with Crippen molar-refractivity contribution in [3.05, 3.63) is 0 Å². The summed E-state index contributed by atoms with van der Waals surface area (Å²) >= 11 is 0. The van der Waals surface area contributed by atoms with Gasteiger partial charge >= 0.3 is 5.97 Å². The van der Waals surface area contributed by atoms with Crippen molar-refractivity contribution < 1.29 is 9.90 Å². The maximum absolute atomic E-state index is 10.8. The Hall–Kier alpha value is -0.570. The molecular weight excluding hydrogens is 214 g/mol. The molecule has 3 heteroatoms. The summed E-state index contributed by atoms with van der Waals surface area (Å²) in [6.07, 6.45) is 4.14. The summed E-state index contributed by atoms with van der Waals surface area (Å²) in [7, 11) is 0. The first-order valence-electron chi connectivity index (χ1n) is 6.94. The van der Waals surface area contributed by atoms with Gasteiger partial charge in [0.1, 0.15) is 0 Å². The molecular formula is C14H27NO2. The first-order chi connectivity index (χ1) is 7.97. The Labute approximate surface area is 105 Å². The van der Waals surface area contributed by atoms with E-state index in [-0.39, 0.29) is 12.5 Å². The normalized spacial score (nSPS) is 31.5. The van der Waals surface area contributed by atoms with Crippen LogP contribution in [0.5, 0.6) is 0 Å². The summed E-state index contributed by atoms with van der Waals surface area (Å²) in [4.78, 5) is 13.3. The molecule has 0 radical (unpaired) electrons. The molecule has 3 atom stereocenters. The first kappa shape index (κ1) is 14.5. The van der Waals surface area contributed by atoms with E-state index in [4.69, 9.17) is 5.11 Å². The van der Waals surface area contributed by atoms with Gasteiger partial charge in [-0.3, -0.25) is 9.69 Å². The molecule has 1 rings (SSSR count). The second-order valence-electron chi connectivity index (χ2n) is 5.65. The Morgan fingerprint density at radius 2 is 1.88 bits per heavy atom. The van der Waals surface area contributed by atoms with Gasteiger partial charge in [-0.2, -0.15) is 0 Å².